The Bertz CT molecular complexity index is 526. The van der Waals surface area contributed by atoms with E-state index in [4.69, 9.17) is 0 Å². The molecule has 0 bridgehead atoms. The molecule has 5 nitrogen and oxygen atoms in total. The second-order valence-corrected chi connectivity index (χ2v) is 4.75. The minimum absolute atomic E-state index is 0.257. The second-order valence-electron chi connectivity index (χ2n) is 2.76. The molecule has 15 heavy (non-hydrogen) atoms. The summed E-state index contributed by atoms with van der Waals surface area (Å²) in [4.78, 5) is 8.21. The molecule has 1 aromatic rings. The van der Waals surface area contributed by atoms with E-state index in [1.807, 2.05) is 0 Å². The average molecular weight is 237 g/mol. The molecule has 82 valence electrons. The molecule has 0 radical (unpaired) electrons. The van der Waals surface area contributed by atoms with Crippen LogP contribution in [0.15, 0.2) is 17.0 Å². The fourth-order valence-corrected chi connectivity index (χ4v) is 1.85. The molecule has 0 atom stereocenters. The van der Waals surface area contributed by atoms with Gasteiger partial charge in [0.05, 0.1) is 4.92 Å². The van der Waals surface area contributed by atoms with E-state index in [0.717, 1.165) is 0 Å². The molecular weight excluding hydrogens is 232 g/mol. The number of hydrogen-bond donors (Lipinski definition) is 0. The van der Waals surface area contributed by atoms with Crippen molar-refractivity contribution in [2.45, 2.75) is 4.90 Å². The molecule has 0 amide bonds. The molecule has 0 aliphatic rings. The summed E-state index contributed by atoms with van der Waals surface area (Å²) in [6.45, 7) is 0. The van der Waals surface area contributed by atoms with Crippen LogP contribution >= 0.6 is 0 Å². The lowest BCUT2D eigenvalue weighted by Gasteiger charge is -2.01. The van der Waals surface area contributed by atoms with Crippen LogP contribution in [0.5, 0.6) is 0 Å². The van der Waals surface area contributed by atoms with Gasteiger partial charge in [-0.15, -0.1) is 0 Å². The van der Waals surface area contributed by atoms with Crippen molar-refractivity contribution in [1.82, 2.24) is 0 Å². The monoisotopic (exact) mass is 237 g/mol. The smallest absolute Gasteiger partial charge is 0.258 e. The molecule has 0 spiro atoms. The van der Waals surface area contributed by atoms with Crippen molar-refractivity contribution >= 4 is 15.5 Å². The van der Waals surface area contributed by atoms with Crippen LogP contribution in [0.4, 0.5) is 14.5 Å². The summed E-state index contributed by atoms with van der Waals surface area (Å²) in [7, 11) is -4.05. The molecule has 0 N–H and O–H groups in total. The van der Waals surface area contributed by atoms with Crippen molar-refractivity contribution in [3.8, 4) is 0 Å². The van der Waals surface area contributed by atoms with Gasteiger partial charge in [0, 0.05) is 12.3 Å². The molecule has 0 aliphatic heterocycles. The fourth-order valence-electron chi connectivity index (χ4n) is 1.00. The molecular formula is C7H5F2NO4S. The Balaban J connectivity index is 3.70. The average Bonchev–Trinajstić information content (AvgIpc) is 1.99. The molecule has 0 heterocycles. The lowest BCUT2D eigenvalue weighted by molar-refractivity contribution is -0.390. The number of halogens is 2. The predicted octanol–water partition coefficient (Wildman–Crippen LogP) is 1.28. The van der Waals surface area contributed by atoms with Crippen LogP contribution in [-0.4, -0.2) is 19.6 Å². The molecule has 0 aliphatic carbocycles. The van der Waals surface area contributed by atoms with Gasteiger partial charge in [-0.1, -0.05) is 0 Å². The van der Waals surface area contributed by atoms with Crippen molar-refractivity contribution in [3.63, 3.8) is 0 Å². The Kier molecular flexibility index (Phi) is 2.71. The van der Waals surface area contributed by atoms with E-state index in [1.165, 1.54) is 0 Å². The Labute approximate surface area is 83.4 Å². The molecule has 0 aromatic heterocycles. The molecule has 8 heteroatoms. The normalized spacial score (nSPS) is 11.4. The van der Waals surface area contributed by atoms with Crippen LogP contribution in [0.1, 0.15) is 0 Å². The number of rotatable bonds is 2. The number of hydrogen-bond acceptors (Lipinski definition) is 4. The highest BCUT2D eigenvalue weighted by molar-refractivity contribution is 7.90. The van der Waals surface area contributed by atoms with Gasteiger partial charge in [0.15, 0.2) is 14.7 Å². The van der Waals surface area contributed by atoms with Gasteiger partial charge in [0.25, 0.3) is 0 Å². The largest absolute Gasteiger partial charge is 0.323 e. The Morgan fingerprint density at radius 2 is 1.87 bits per heavy atom. The second kappa shape index (κ2) is 3.54. The highest BCUT2D eigenvalue weighted by atomic mass is 32.2. The molecule has 0 saturated carbocycles. The SMILES string of the molecule is CS(=O)(=O)c1cc(F)cc(F)c1[N+](=O)[O-]. The van der Waals surface area contributed by atoms with Gasteiger partial charge in [-0.2, -0.15) is 4.39 Å². The minimum atomic E-state index is -4.05. The zero-order valence-electron chi connectivity index (χ0n) is 7.40. The third-order valence-corrected chi connectivity index (χ3v) is 2.69. The summed E-state index contributed by atoms with van der Waals surface area (Å²) in [5.41, 5.74) is -1.24. The molecule has 0 saturated heterocycles. The fraction of sp³-hybridized carbons (Fsp3) is 0.143. The summed E-state index contributed by atoms with van der Waals surface area (Å²) in [5, 5.41) is 10.4. The van der Waals surface area contributed by atoms with Crippen LogP contribution in [0.2, 0.25) is 0 Å². The van der Waals surface area contributed by atoms with Crippen molar-refractivity contribution in [2.24, 2.45) is 0 Å². The highest BCUT2D eigenvalue weighted by Gasteiger charge is 2.27. The third kappa shape index (κ3) is 2.27. The van der Waals surface area contributed by atoms with E-state index in [2.05, 4.69) is 0 Å². The van der Waals surface area contributed by atoms with Crippen LogP contribution in [0.25, 0.3) is 0 Å². The molecule has 1 aromatic carbocycles. The number of nitrogens with zero attached hydrogens (tertiary/aromatic N) is 1. The lowest BCUT2D eigenvalue weighted by Crippen LogP contribution is -2.05. The number of benzene rings is 1. The van der Waals surface area contributed by atoms with Gasteiger partial charge in [-0.05, 0) is 6.07 Å². The quantitative estimate of drug-likeness (QED) is 0.573. The highest BCUT2D eigenvalue weighted by Crippen LogP contribution is 2.27. The van der Waals surface area contributed by atoms with Crippen LogP contribution in [-0.2, 0) is 9.84 Å². The van der Waals surface area contributed by atoms with Crippen molar-refractivity contribution in [1.29, 1.82) is 0 Å². The maximum Gasteiger partial charge on any atom is 0.323 e. The van der Waals surface area contributed by atoms with Gasteiger partial charge in [-0.3, -0.25) is 10.1 Å². The van der Waals surface area contributed by atoms with E-state index >= 15 is 0 Å². The number of nitro benzene ring substituents is 1. The van der Waals surface area contributed by atoms with Gasteiger partial charge < -0.3 is 0 Å². The number of nitro groups is 1. The molecule has 0 unspecified atom stereocenters. The van der Waals surface area contributed by atoms with Crippen molar-refractivity contribution in [3.05, 3.63) is 33.9 Å². The van der Waals surface area contributed by atoms with Gasteiger partial charge >= 0.3 is 5.69 Å². The van der Waals surface area contributed by atoms with Gasteiger partial charge in [0.1, 0.15) is 5.82 Å². The summed E-state index contributed by atoms with van der Waals surface area (Å²) in [6.07, 6.45) is 0.633. The van der Waals surface area contributed by atoms with E-state index in [1.54, 1.807) is 0 Å². The molecule has 1 rings (SSSR count). The van der Waals surface area contributed by atoms with Gasteiger partial charge in [-0.25, -0.2) is 12.8 Å². The van der Waals surface area contributed by atoms with Crippen molar-refractivity contribution in [2.75, 3.05) is 6.26 Å². The summed E-state index contributed by atoms with van der Waals surface area (Å²) >= 11 is 0. The molecule has 0 fully saturated rings. The summed E-state index contributed by atoms with van der Waals surface area (Å²) in [6, 6.07) is 0.670. The van der Waals surface area contributed by atoms with Crippen LogP contribution in [0, 0.1) is 21.7 Å². The third-order valence-electron chi connectivity index (χ3n) is 1.58. The van der Waals surface area contributed by atoms with Gasteiger partial charge in [0.2, 0.25) is 5.82 Å². The Morgan fingerprint density at radius 1 is 1.33 bits per heavy atom. The standard InChI is InChI=1S/C7H5F2NO4S/c1-15(13,14)6-3-4(8)2-5(9)7(6)10(11)12/h2-3H,1H3. The summed E-state index contributed by atoms with van der Waals surface area (Å²) in [5.74, 6) is -2.70. The Hall–Kier alpha value is -1.57. The first kappa shape index (κ1) is 11.5. The zero-order chi connectivity index (χ0) is 11.8. The van der Waals surface area contributed by atoms with E-state index in [-0.39, 0.29) is 6.07 Å². The maximum atomic E-state index is 12.9. The summed E-state index contributed by atoms with van der Waals surface area (Å²) < 4.78 is 47.7. The van der Waals surface area contributed by atoms with E-state index in [9.17, 15) is 27.3 Å². The Morgan fingerprint density at radius 3 is 2.27 bits per heavy atom. The maximum absolute atomic E-state index is 12.9. The van der Waals surface area contributed by atoms with E-state index < -0.39 is 37.0 Å². The first-order chi connectivity index (χ1) is 6.73. The van der Waals surface area contributed by atoms with Crippen LogP contribution in [0.3, 0.4) is 0 Å². The number of sulfone groups is 1. The first-order valence-corrected chi connectivity index (χ1v) is 5.46. The first-order valence-electron chi connectivity index (χ1n) is 3.57. The lowest BCUT2D eigenvalue weighted by atomic mass is 10.3. The van der Waals surface area contributed by atoms with Crippen LogP contribution < -0.4 is 0 Å². The van der Waals surface area contributed by atoms with Crippen molar-refractivity contribution < 1.29 is 22.1 Å². The zero-order valence-corrected chi connectivity index (χ0v) is 8.22. The predicted molar refractivity (Wildman–Crippen MR) is 46.1 cm³/mol. The topological polar surface area (TPSA) is 77.3 Å². The minimum Gasteiger partial charge on any atom is -0.258 e. The van der Waals surface area contributed by atoms with E-state index in [0.29, 0.717) is 12.3 Å².